The molecule has 27 heavy (non-hydrogen) atoms. The number of thiophene rings is 1. The first-order chi connectivity index (χ1) is 13.1. The molecule has 0 amide bonds. The van der Waals surface area contributed by atoms with Crippen molar-refractivity contribution in [2.24, 2.45) is 0 Å². The van der Waals surface area contributed by atoms with Crippen LogP contribution >= 0.6 is 11.3 Å². The summed E-state index contributed by atoms with van der Waals surface area (Å²) in [6.07, 6.45) is 1.83. The summed E-state index contributed by atoms with van der Waals surface area (Å²) in [4.78, 5) is 5.66. The van der Waals surface area contributed by atoms with Crippen molar-refractivity contribution in [2.75, 3.05) is 0 Å². The molecule has 0 N–H and O–H groups in total. The molecule has 0 radical (unpaired) electrons. The second-order valence-corrected chi connectivity index (χ2v) is 7.82. The van der Waals surface area contributed by atoms with Gasteiger partial charge < -0.3 is 0 Å². The number of rotatable bonds is 2. The zero-order chi connectivity index (χ0) is 18.5. The lowest BCUT2D eigenvalue weighted by atomic mass is 10.0. The number of aromatic nitrogens is 4. The molecule has 0 bridgehead atoms. The van der Waals surface area contributed by atoms with Crippen molar-refractivity contribution in [1.82, 2.24) is 19.6 Å². The minimum atomic E-state index is 0.820. The fourth-order valence-electron chi connectivity index (χ4n) is 3.44. The number of aryl methyl sites for hydroxylation is 3. The SMILES string of the molecule is Cc1cccc(-c2nnc3c4c(-c5ccc(C)c(C)c5)csc4ncn23)c1. The maximum atomic E-state index is 4.68. The molecule has 0 spiro atoms. The molecule has 3 aromatic heterocycles. The minimum absolute atomic E-state index is 0.820. The number of fused-ring (bicyclic) bond motifs is 3. The molecule has 4 nitrogen and oxygen atoms in total. The Labute approximate surface area is 161 Å². The van der Waals surface area contributed by atoms with Gasteiger partial charge in [0.15, 0.2) is 11.5 Å². The molecule has 2 aromatic carbocycles. The molecule has 0 aliphatic carbocycles. The largest absolute Gasteiger partial charge is 0.265 e. The molecule has 132 valence electrons. The van der Waals surface area contributed by atoms with Gasteiger partial charge in [0.1, 0.15) is 11.2 Å². The van der Waals surface area contributed by atoms with Gasteiger partial charge in [-0.2, -0.15) is 0 Å². The molecule has 3 heterocycles. The monoisotopic (exact) mass is 370 g/mol. The van der Waals surface area contributed by atoms with E-state index in [0.717, 1.165) is 27.3 Å². The molecular weight excluding hydrogens is 352 g/mol. The van der Waals surface area contributed by atoms with Crippen LogP contribution in [-0.2, 0) is 0 Å². The highest BCUT2D eigenvalue weighted by molar-refractivity contribution is 7.17. The van der Waals surface area contributed by atoms with Crippen LogP contribution in [0.4, 0.5) is 0 Å². The Balaban J connectivity index is 1.78. The molecule has 5 rings (SSSR count). The molecule has 5 aromatic rings. The average molecular weight is 370 g/mol. The van der Waals surface area contributed by atoms with Gasteiger partial charge in [0.05, 0.1) is 5.39 Å². The third kappa shape index (κ3) is 2.54. The molecule has 0 aliphatic heterocycles. The Morgan fingerprint density at radius 1 is 0.889 bits per heavy atom. The van der Waals surface area contributed by atoms with Crippen molar-refractivity contribution in [3.63, 3.8) is 0 Å². The molecular formula is C22H18N4S. The van der Waals surface area contributed by atoms with E-state index >= 15 is 0 Å². The quantitative estimate of drug-likeness (QED) is 0.406. The molecule has 0 saturated heterocycles. The number of hydrogen-bond acceptors (Lipinski definition) is 4. The Morgan fingerprint density at radius 2 is 1.78 bits per heavy atom. The van der Waals surface area contributed by atoms with Crippen molar-refractivity contribution in [2.45, 2.75) is 20.8 Å². The third-order valence-corrected chi connectivity index (χ3v) is 5.96. The van der Waals surface area contributed by atoms with Crippen molar-refractivity contribution < 1.29 is 0 Å². The second-order valence-electron chi connectivity index (χ2n) is 6.96. The smallest absolute Gasteiger partial charge is 0.173 e. The van der Waals surface area contributed by atoms with Gasteiger partial charge in [-0.3, -0.25) is 4.40 Å². The maximum absolute atomic E-state index is 4.68. The molecule has 0 unspecified atom stereocenters. The Morgan fingerprint density at radius 3 is 2.59 bits per heavy atom. The predicted octanol–water partition coefficient (Wildman–Crippen LogP) is 5.60. The zero-order valence-electron chi connectivity index (χ0n) is 15.4. The first-order valence-electron chi connectivity index (χ1n) is 8.87. The van der Waals surface area contributed by atoms with E-state index < -0.39 is 0 Å². The van der Waals surface area contributed by atoms with Gasteiger partial charge in [-0.15, -0.1) is 21.5 Å². The van der Waals surface area contributed by atoms with Crippen LogP contribution in [0.1, 0.15) is 16.7 Å². The summed E-state index contributed by atoms with van der Waals surface area (Å²) in [7, 11) is 0. The summed E-state index contributed by atoms with van der Waals surface area (Å²) in [5.74, 6) is 0.820. The van der Waals surface area contributed by atoms with Crippen molar-refractivity contribution in [3.8, 4) is 22.5 Å². The number of benzene rings is 2. The van der Waals surface area contributed by atoms with E-state index in [1.807, 2.05) is 16.8 Å². The fourth-order valence-corrected chi connectivity index (χ4v) is 4.35. The van der Waals surface area contributed by atoms with Crippen LogP contribution in [-0.4, -0.2) is 19.6 Å². The maximum Gasteiger partial charge on any atom is 0.173 e. The van der Waals surface area contributed by atoms with E-state index in [1.54, 1.807) is 11.3 Å². The second kappa shape index (κ2) is 5.99. The van der Waals surface area contributed by atoms with Gasteiger partial charge in [-0.25, -0.2) is 4.98 Å². The summed E-state index contributed by atoms with van der Waals surface area (Å²) in [6, 6.07) is 14.9. The van der Waals surface area contributed by atoms with Crippen molar-refractivity contribution >= 4 is 27.2 Å². The van der Waals surface area contributed by atoms with Crippen LogP contribution in [0.2, 0.25) is 0 Å². The van der Waals surface area contributed by atoms with Crippen LogP contribution in [0.5, 0.6) is 0 Å². The lowest BCUT2D eigenvalue weighted by Gasteiger charge is -2.05. The van der Waals surface area contributed by atoms with Crippen LogP contribution in [0.25, 0.3) is 38.4 Å². The molecule has 5 heteroatoms. The summed E-state index contributed by atoms with van der Waals surface area (Å²) in [6.45, 7) is 6.37. The summed E-state index contributed by atoms with van der Waals surface area (Å²) in [5.41, 5.74) is 8.04. The Bertz CT molecular complexity index is 1310. The average Bonchev–Trinajstić information content (AvgIpc) is 3.27. The van der Waals surface area contributed by atoms with Crippen molar-refractivity contribution in [3.05, 3.63) is 70.9 Å². The van der Waals surface area contributed by atoms with E-state index in [-0.39, 0.29) is 0 Å². The topological polar surface area (TPSA) is 43.1 Å². The number of hydrogen-bond donors (Lipinski definition) is 0. The predicted molar refractivity (Wildman–Crippen MR) is 111 cm³/mol. The Hall–Kier alpha value is -3.05. The van der Waals surface area contributed by atoms with E-state index in [0.29, 0.717) is 0 Å². The summed E-state index contributed by atoms with van der Waals surface area (Å²) >= 11 is 1.65. The standard InChI is InChI=1S/C22H18N4S/c1-13-5-4-6-17(9-13)20-24-25-21-19-18(11-27-22(19)23-12-26(20)21)16-8-7-14(2)15(3)10-16/h4-12H,1-3H3. The van der Waals surface area contributed by atoms with Gasteiger partial charge in [-0.05, 0) is 43.5 Å². The fraction of sp³-hybridized carbons (Fsp3) is 0.136. The highest BCUT2D eigenvalue weighted by Crippen LogP contribution is 2.36. The van der Waals surface area contributed by atoms with Crippen molar-refractivity contribution in [1.29, 1.82) is 0 Å². The summed E-state index contributed by atoms with van der Waals surface area (Å²) in [5, 5.41) is 12.2. The first-order valence-corrected chi connectivity index (χ1v) is 9.75. The van der Waals surface area contributed by atoms with Crippen LogP contribution in [0.3, 0.4) is 0 Å². The lowest BCUT2D eigenvalue weighted by molar-refractivity contribution is 1.09. The molecule has 0 fully saturated rings. The minimum Gasteiger partial charge on any atom is -0.265 e. The van der Waals surface area contributed by atoms with Gasteiger partial charge in [-0.1, -0.05) is 42.0 Å². The third-order valence-electron chi connectivity index (χ3n) is 5.08. The number of nitrogens with zero attached hydrogens (tertiary/aromatic N) is 4. The lowest BCUT2D eigenvalue weighted by Crippen LogP contribution is -1.92. The normalized spacial score (nSPS) is 11.5. The first kappa shape index (κ1) is 16.1. The Kier molecular flexibility index (Phi) is 3.58. The van der Waals surface area contributed by atoms with E-state index in [2.05, 4.69) is 77.7 Å². The summed E-state index contributed by atoms with van der Waals surface area (Å²) < 4.78 is 1.99. The van der Waals surface area contributed by atoms with Gasteiger partial charge in [0.25, 0.3) is 0 Å². The van der Waals surface area contributed by atoms with Gasteiger partial charge in [0, 0.05) is 16.5 Å². The van der Waals surface area contributed by atoms with E-state index in [9.17, 15) is 0 Å². The molecule has 0 atom stereocenters. The van der Waals surface area contributed by atoms with Gasteiger partial charge in [0.2, 0.25) is 0 Å². The highest BCUT2D eigenvalue weighted by atomic mass is 32.1. The molecule has 0 aliphatic rings. The highest BCUT2D eigenvalue weighted by Gasteiger charge is 2.17. The van der Waals surface area contributed by atoms with Crippen LogP contribution < -0.4 is 0 Å². The molecule has 0 saturated carbocycles. The van der Waals surface area contributed by atoms with Crippen LogP contribution in [0.15, 0.2) is 54.2 Å². The van der Waals surface area contributed by atoms with Gasteiger partial charge >= 0.3 is 0 Å². The zero-order valence-corrected chi connectivity index (χ0v) is 16.2. The van der Waals surface area contributed by atoms with E-state index in [1.165, 1.54) is 27.8 Å². The van der Waals surface area contributed by atoms with Crippen LogP contribution in [0, 0.1) is 20.8 Å². The van der Waals surface area contributed by atoms with E-state index in [4.69, 9.17) is 0 Å².